The highest BCUT2D eigenvalue weighted by atomic mass is 35.5. The number of aryl methyl sites for hydroxylation is 1. The zero-order valence-electron chi connectivity index (χ0n) is 12.6. The fourth-order valence-electron chi connectivity index (χ4n) is 2.29. The molecule has 0 radical (unpaired) electrons. The molecule has 0 saturated heterocycles. The number of nitrogens with zero attached hydrogens (tertiary/aromatic N) is 2. The van der Waals surface area contributed by atoms with Crippen molar-refractivity contribution < 1.29 is 9.21 Å². The van der Waals surface area contributed by atoms with Crippen molar-refractivity contribution in [2.75, 3.05) is 4.90 Å². The molecule has 23 heavy (non-hydrogen) atoms. The van der Waals surface area contributed by atoms with Crippen LogP contribution in [0.1, 0.15) is 21.7 Å². The number of carbonyl (C=O) groups excluding carboxylic acids is 1. The molecule has 0 N–H and O–H groups in total. The summed E-state index contributed by atoms with van der Waals surface area (Å²) < 4.78 is 5.36. The number of rotatable bonds is 4. The van der Waals surface area contributed by atoms with Crippen LogP contribution in [0, 0.1) is 6.92 Å². The molecule has 0 saturated carbocycles. The minimum Gasteiger partial charge on any atom is -0.459 e. The highest BCUT2D eigenvalue weighted by Crippen LogP contribution is 2.23. The number of benzene rings is 1. The van der Waals surface area contributed by atoms with E-state index in [0.29, 0.717) is 17.3 Å². The fourth-order valence-corrected chi connectivity index (χ4v) is 2.42. The molecule has 2 aromatic heterocycles. The zero-order valence-corrected chi connectivity index (χ0v) is 13.3. The molecule has 0 aliphatic rings. The van der Waals surface area contributed by atoms with Gasteiger partial charge in [-0.3, -0.25) is 9.78 Å². The summed E-state index contributed by atoms with van der Waals surface area (Å²) in [4.78, 5) is 18.6. The number of pyridine rings is 1. The van der Waals surface area contributed by atoms with E-state index in [9.17, 15) is 4.79 Å². The van der Waals surface area contributed by atoms with Gasteiger partial charge in [-0.15, -0.1) is 0 Å². The van der Waals surface area contributed by atoms with E-state index in [2.05, 4.69) is 4.98 Å². The number of hydrogen-bond acceptors (Lipinski definition) is 3. The standard InChI is InChI=1S/C18H15ClN2O2/c1-13-8-10-23-17(13)18(22)21(12-14-3-2-9-20-11-14)16-6-4-15(19)5-7-16/h2-11H,12H2,1H3. The van der Waals surface area contributed by atoms with E-state index in [1.54, 1.807) is 35.5 Å². The van der Waals surface area contributed by atoms with Crippen molar-refractivity contribution in [3.8, 4) is 0 Å². The lowest BCUT2D eigenvalue weighted by Crippen LogP contribution is -2.30. The Kier molecular flexibility index (Phi) is 4.44. The molecule has 0 fully saturated rings. The van der Waals surface area contributed by atoms with Gasteiger partial charge in [-0.05, 0) is 48.9 Å². The second-order valence-corrected chi connectivity index (χ2v) is 5.60. The van der Waals surface area contributed by atoms with Crippen molar-refractivity contribution in [1.82, 2.24) is 4.98 Å². The van der Waals surface area contributed by atoms with Gasteiger partial charge in [0.1, 0.15) is 0 Å². The first-order chi connectivity index (χ1) is 11.1. The third-order valence-corrected chi connectivity index (χ3v) is 3.76. The molecule has 116 valence electrons. The smallest absolute Gasteiger partial charge is 0.294 e. The SMILES string of the molecule is Cc1ccoc1C(=O)N(Cc1cccnc1)c1ccc(Cl)cc1. The van der Waals surface area contributed by atoms with Gasteiger partial charge in [0.15, 0.2) is 5.76 Å². The molecule has 1 aromatic carbocycles. The zero-order chi connectivity index (χ0) is 16.2. The van der Waals surface area contributed by atoms with Crippen LogP contribution in [0.15, 0.2) is 65.5 Å². The first-order valence-corrected chi connectivity index (χ1v) is 7.53. The van der Waals surface area contributed by atoms with E-state index < -0.39 is 0 Å². The van der Waals surface area contributed by atoms with Crippen LogP contribution in [0.3, 0.4) is 0 Å². The maximum atomic E-state index is 12.9. The molecule has 3 rings (SSSR count). The highest BCUT2D eigenvalue weighted by molar-refractivity contribution is 6.30. The van der Waals surface area contributed by atoms with Crippen LogP contribution in [0.25, 0.3) is 0 Å². The lowest BCUT2D eigenvalue weighted by molar-refractivity contribution is 0.0957. The number of amides is 1. The summed E-state index contributed by atoms with van der Waals surface area (Å²) in [7, 11) is 0. The molecule has 3 aromatic rings. The van der Waals surface area contributed by atoms with Crippen LogP contribution in [0.4, 0.5) is 5.69 Å². The average Bonchev–Trinajstić information content (AvgIpc) is 3.00. The second-order valence-electron chi connectivity index (χ2n) is 5.16. The summed E-state index contributed by atoms with van der Waals surface area (Å²) in [5.74, 6) is 0.141. The molecule has 0 aliphatic heterocycles. The molecule has 0 atom stereocenters. The van der Waals surface area contributed by atoms with Crippen molar-refractivity contribution in [1.29, 1.82) is 0 Å². The number of halogens is 1. The maximum Gasteiger partial charge on any atom is 0.294 e. The predicted octanol–water partition coefficient (Wildman–Crippen LogP) is 4.48. The van der Waals surface area contributed by atoms with E-state index in [4.69, 9.17) is 16.0 Å². The van der Waals surface area contributed by atoms with Crippen LogP contribution < -0.4 is 4.90 Å². The maximum absolute atomic E-state index is 12.9. The minimum atomic E-state index is -0.196. The molecule has 0 bridgehead atoms. The molecule has 0 unspecified atom stereocenters. The number of furan rings is 1. The van der Waals surface area contributed by atoms with Crippen LogP contribution >= 0.6 is 11.6 Å². The Balaban J connectivity index is 1.97. The monoisotopic (exact) mass is 326 g/mol. The summed E-state index contributed by atoms with van der Waals surface area (Å²) >= 11 is 5.95. The van der Waals surface area contributed by atoms with E-state index in [1.807, 2.05) is 31.2 Å². The van der Waals surface area contributed by atoms with Gasteiger partial charge in [-0.1, -0.05) is 17.7 Å². The van der Waals surface area contributed by atoms with Crippen molar-refractivity contribution >= 4 is 23.2 Å². The van der Waals surface area contributed by atoms with E-state index in [1.165, 1.54) is 6.26 Å². The third-order valence-electron chi connectivity index (χ3n) is 3.50. The first-order valence-electron chi connectivity index (χ1n) is 7.15. The van der Waals surface area contributed by atoms with E-state index in [-0.39, 0.29) is 5.91 Å². The minimum absolute atomic E-state index is 0.196. The lowest BCUT2D eigenvalue weighted by atomic mass is 10.2. The van der Waals surface area contributed by atoms with Gasteiger partial charge in [-0.2, -0.15) is 0 Å². The third kappa shape index (κ3) is 3.43. The number of carbonyl (C=O) groups is 1. The number of hydrogen-bond donors (Lipinski definition) is 0. The molecule has 1 amide bonds. The first kappa shape index (κ1) is 15.3. The van der Waals surface area contributed by atoms with E-state index >= 15 is 0 Å². The predicted molar refractivity (Wildman–Crippen MR) is 89.6 cm³/mol. The van der Waals surface area contributed by atoms with Crippen molar-refractivity contribution in [2.24, 2.45) is 0 Å². The van der Waals surface area contributed by atoms with Crippen molar-refractivity contribution in [3.05, 3.63) is 83.0 Å². The molecule has 4 nitrogen and oxygen atoms in total. The van der Waals surface area contributed by atoms with Crippen LogP contribution in [0.2, 0.25) is 5.02 Å². The van der Waals surface area contributed by atoms with Gasteiger partial charge < -0.3 is 9.32 Å². The van der Waals surface area contributed by atoms with Crippen LogP contribution in [-0.4, -0.2) is 10.9 Å². The summed E-state index contributed by atoms with van der Waals surface area (Å²) in [5, 5.41) is 0.622. The largest absolute Gasteiger partial charge is 0.459 e. The molecule has 2 heterocycles. The summed E-state index contributed by atoms with van der Waals surface area (Å²) in [5.41, 5.74) is 2.49. The quantitative estimate of drug-likeness (QED) is 0.710. The van der Waals surface area contributed by atoms with Gasteiger partial charge in [0.25, 0.3) is 5.91 Å². The normalized spacial score (nSPS) is 10.5. The topological polar surface area (TPSA) is 46.3 Å². The summed E-state index contributed by atoms with van der Waals surface area (Å²) in [6.45, 7) is 2.25. The number of aromatic nitrogens is 1. The molecule has 0 aliphatic carbocycles. The van der Waals surface area contributed by atoms with Crippen LogP contribution in [0.5, 0.6) is 0 Å². The van der Waals surface area contributed by atoms with Gasteiger partial charge in [0.2, 0.25) is 0 Å². The highest BCUT2D eigenvalue weighted by Gasteiger charge is 2.22. The van der Waals surface area contributed by atoms with Gasteiger partial charge in [0.05, 0.1) is 12.8 Å². The average molecular weight is 327 g/mol. The lowest BCUT2D eigenvalue weighted by Gasteiger charge is -2.22. The van der Waals surface area contributed by atoms with Gasteiger partial charge >= 0.3 is 0 Å². The van der Waals surface area contributed by atoms with Gasteiger partial charge in [-0.25, -0.2) is 0 Å². The summed E-state index contributed by atoms with van der Waals surface area (Å²) in [6, 6.07) is 12.7. The van der Waals surface area contributed by atoms with Crippen LogP contribution in [-0.2, 0) is 6.54 Å². The Bertz CT molecular complexity index is 797. The van der Waals surface area contributed by atoms with Gasteiger partial charge in [0, 0.05) is 28.7 Å². The molecular weight excluding hydrogens is 312 g/mol. The molecule has 5 heteroatoms. The Morgan fingerprint density at radius 1 is 1.22 bits per heavy atom. The Labute approximate surface area is 139 Å². The molecule has 0 spiro atoms. The Morgan fingerprint density at radius 2 is 2.00 bits per heavy atom. The fraction of sp³-hybridized carbons (Fsp3) is 0.111. The Morgan fingerprint density at radius 3 is 2.61 bits per heavy atom. The van der Waals surface area contributed by atoms with E-state index in [0.717, 1.165) is 16.8 Å². The second kappa shape index (κ2) is 6.67. The Hall–Kier alpha value is -2.59. The summed E-state index contributed by atoms with van der Waals surface area (Å²) in [6.07, 6.45) is 4.96. The molecular formula is C18H15ClN2O2. The van der Waals surface area contributed by atoms with Crippen molar-refractivity contribution in [2.45, 2.75) is 13.5 Å². The van der Waals surface area contributed by atoms with Crippen molar-refractivity contribution in [3.63, 3.8) is 0 Å². The number of anilines is 1.